The number of rotatable bonds is 6. The molecular formula is C11H23NO2S. The molecule has 0 spiro atoms. The second kappa shape index (κ2) is 7.49. The summed E-state index contributed by atoms with van der Waals surface area (Å²) in [6, 6.07) is 0. The minimum Gasteiger partial charge on any atom is -0.379 e. The molecule has 2 atom stereocenters. The Balaban J connectivity index is 2.13. The molecule has 0 saturated carbocycles. The molecule has 1 fully saturated rings. The van der Waals surface area contributed by atoms with E-state index in [0.717, 1.165) is 32.7 Å². The Labute approximate surface area is 97.7 Å². The van der Waals surface area contributed by atoms with E-state index in [0.29, 0.717) is 12.0 Å². The van der Waals surface area contributed by atoms with Crippen molar-refractivity contribution in [1.82, 2.24) is 4.90 Å². The summed E-state index contributed by atoms with van der Waals surface area (Å²) in [5, 5.41) is 0. The van der Waals surface area contributed by atoms with Gasteiger partial charge in [-0.1, -0.05) is 6.92 Å². The molecule has 1 heterocycles. The van der Waals surface area contributed by atoms with E-state index < -0.39 is 0 Å². The van der Waals surface area contributed by atoms with Crippen LogP contribution in [-0.4, -0.2) is 50.1 Å². The largest absolute Gasteiger partial charge is 0.379 e. The van der Waals surface area contributed by atoms with Crippen molar-refractivity contribution in [3.8, 4) is 0 Å². The number of hydrogen-bond acceptors (Lipinski definition) is 4. The van der Waals surface area contributed by atoms with Gasteiger partial charge in [-0.25, -0.2) is 0 Å². The maximum absolute atomic E-state index is 5.48. The summed E-state index contributed by atoms with van der Waals surface area (Å²) in [6.45, 7) is 9.57. The molecule has 0 aromatic heterocycles. The summed E-state index contributed by atoms with van der Waals surface area (Å²) in [5.74, 6) is 0.699. The van der Waals surface area contributed by atoms with Crippen LogP contribution in [0.4, 0.5) is 0 Å². The SMILES string of the molecule is CSOC(C)CC(C)CN1CCOCC1. The quantitative estimate of drug-likeness (QED) is 0.654. The Kier molecular flexibility index (Phi) is 6.64. The van der Waals surface area contributed by atoms with E-state index in [-0.39, 0.29) is 0 Å². The third-order valence-corrected chi connectivity index (χ3v) is 3.19. The van der Waals surface area contributed by atoms with Gasteiger partial charge in [0.05, 0.1) is 19.3 Å². The first-order chi connectivity index (χ1) is 7.22. The standard InChI is InChI=1S/C11H23NO2S/c1-10(8-11(2)14-15-3)9-12-4-6-13-7-5-12/h10-11H,4-9H2,1-3H3. The van der Waals surface area contributed by atoms with Gasteiger partial charge in [0.1, 0.15) is 0 Å². The molecule has 1 rings (SSSR count). The van der Waals surface area contributed by atoms with Gasteiger partial charge in [0.25, 0.3) is 0 Å². The van der Waals surface area contributed by atoms with Crippen molar-refractivity contribution in [2.24, 2.45) is 5.92 Å². The molecule has 90 valence electrons. The normalized spacial score (nSPS) is 22.6. The number of nitrogens with zero attached hydrogens (tertiary/aromatic N) is 1. The molecule has 0 aromatic carbocycles. The van der Waals surface area contributed by atoms with Crippen molar-refractivity contribution < 1.29 is 8.92 Å². The van der Waals surface area contributed by atoms with Crippen LogP contribution >= 0.6 is 12.0 Å². The topological polar surface area (TPSA) is 21.7 Å². The molecular weight excluding hydrogens is 210 g/mol. The fourth-order valence-corrected chi connectivity index (χ4v) is 2.48. The van der Waals surface area contributed by atoms with Gasteiger partial charge in [-0.3, -0.25) is 4.90 Å². The lowest BCUT2D eigenvalue weighted by atomic mass is 10.0. The molecule has 1 aliphatic rings. The van der Waals surface area contributed by atoms with Gasteiger partial charge in [-0.2, -0.15) is 0 Å². The van der Waals surface area contributed by atoms with Crippen molar-refractivity contribution in [3.63, 3.8) is 0 Å². The van der Waals surface area contributed by atoms with Crippen LogP contribution in [0.25, 0.3) is 0 Å². The van der Waals surface area contributed by atoms with Crippen LogP contribution in [0.2, 0.25) is 0 Å². The van der Waals surface area contributed by atoms with Gasteiger partial charge in [0.2, 0.25) is 0 Å². The van der Waals surface area contributed by atoms with Crippen molar-refractivity contribution in [2.45, 2.75) is 26.4 Å². The maximum Gasteiger partial charge on any atom is 0.0697 e. The summed E-state index contributed by atoms with van der Waals surface area (Å²) in [5.41, 5.74) is 0. The zero-order valence-corrected chi connectivity index (χ0v) is 10.9. The average molecular weight is 233 g/mol. The average Bonchev–Trinajstić information content (AvgIpc) is 2.19. The van der Waals surface area contributed by atoms with E-state index in [9.17, 15) is 0 Å². The van der Waals surface area contributed by atoms with Crippen LogP contribution in [0, 0.1) is 5.92 Å². The van der Waals surface area contributed by atoms with E-state index in [4.69, 9.17) is 8.92 Å². The fraction of sp³-hybridized carbons (Fsp3) is 1.00. The minimum atomic E-state index is 0.357. The number of ether oxygens (including phenoxy) is 1. The highest BCUT2D eigenvalue weighted by Gasteiger charge is 2.15. The highest BCUT2D eigenvalue weighted by atomic mass is 32.2. The van der Waals surface area contributed by atoms with Crippen molar-refractivity contribution >= 4 is 12.0 Å². The molecule has 0 bridgehead atoms. The van der Waals surface area contributed by atoms with Gasteiger partial charge in [-0.05, 0) is 31.3 Å². The zero-order valence-electron chi connectivity index (χ0n) is 10.1. The molecule has 0 N–H and O–H groups in total. The zero-order chi connectivity index (χ0) is 11.1. The van der Waals surface area contributed by atoms with Crippen LogP contribution < -0.4 is 0 Å². The molecule has 3 nitrogen and oxygen atoms in total. The molecule has 0 amide bonds. The predicted octanol–water partition coefficient (Wildman–Crippen LogP) is 2.03. The first-order valence-electron chi connectivity index (χ1n) is 5.72. The highest BCUT2D eigenvalue weighted by Crippen LogP contribution is 2.14. The number of morpholine rings is 1. The second-order valence-corrected chi connectivity index (χ2v) is 4.85. The van der Waals surface area contributed by atoms with Crippen molar-refractivity contribution in [2.75, 3.05) is 39.1 Å². The summed E-state index contributed by atoms with van der Waals surface area (Å²) in [6.07, 6.45) is 3.47. The lowest BCUT2D eigenvalue weighted by molar-refractivity contribution is 0.0292. The van der Waals surface area contributed by atoms with Crippen molar-refractivity contribution in [3.05, 3.63) is 0 Å². The second-order valence-electron chi connectivity index (χ2n) is 4.33. The molecule has 0 radical (unpaired) electrons. The minimum absolute atomic E-state index is 0.357. The Morgan fingerprint density at radius 1 is 1.33 bits per heavy atom. The summed E-state index contributed by atoms with van der Waals surface area (Å²) in [4.78, 5) is 2.49. The lowest BCUT2D eigenvalue weighted by Gasteiger charge is -2.29. The van der Waals surface area contributed by atoms with E-state index in [1.165, 1.54) is 18.6 Å². The van der Waals surface area contributed by atoms with Crippen LogP contribution in [0.1, 0.15) is 20.3 Å². The fourth-order valence-electron chi connectivity index (χ4n) is 2.07. The molecule has 0 aromatic rings. The Hall–Kier alpha value is 0.230. The Bertz CT molecular complexity index is 163. The molecule has 15 heavy (non-hydrogen) atoms. The monoisotopic (exact) mass is 233 g/mol. The third-order valence-electron chi connectivity index (χ3n) is 2.67. The van der Waals surface area contributed by atoms with E-state index in [2.05, 4.69) is 18.7 Å². The predicted molar refractivity (Wildman–Crippen MR) is 65.1 cm³/mol. The van der Waals surface area contributed by atoms with Crippen LogP contribution in [0.15, 0.2) is 0 Å². The highest BCUT2D eigenvalue weighted by molar-refractivity contribution is 7.93. The molecule has 2 unspecified atom stereocenters. The third kappa shape index (κ3) is 5.76. The summed E-state index contributed by atoms with van der Waals surface area (Å²) in [7, 11) is 0. The van der Waals surface area contributed by atoms with Gasteiger partial charge in [-0.15, -0.1) is 0 Å². The van der Waals surface area contributed by atoms with Gasteiger partial charge in [0.15, 0.2) is 0 Å². The van der Waals surface area contributed by atoms with Crippen LogP contribution in [0.5, 0.6) is 0 Å². The van der Waals surface area contributed by atoms with Gasteiger partial charge >= 0.3 is 0 Å². The van der Waals surface area contributed by atoms with Gasteiger partial charge < -0.3 is 8.92 Å². The number of hydrogen-bond donors (Lipinski definition) is 0. The molecule has 1 saturated heterocycles. The molecule has 4 heteroatoms. The van der Waals surface area contributed by atoms with Crippen LogP contribution in [-0.2, 0) is 8.92 Å². The van der Waals surface area contributed by atoms with E-state index in [1.54, 1.807) is 0 Å². The van der Waals surface area contributed by atoms with Gasteiger partial charge in [0, 0.05) is 25.9 Å². The van der Waals surface area contributed by atoms with E-state index >= 15 is 0 Å². The summed E-state index contributed by atoms with van der Waals surface area (Å²) >= 11 is 1.46. The first-order valence-corrected chi connectivity index (χ1v) is 6.87. The first kappa shape index (κ1) is 13.3. The van der Waals surface area contributed by atoms with E-state index in [1.807, 2.05) is 6.26 Å². The molecule has 1 aliphatic heterocycles. The Morgan fingerprint density at radius 2 is 2.00 bits per heavy atom. The molecule has 0 aliphatic carbocycles. The van der Waals surface area contributed by atoms with Crippen LogP contribution in [0.3, 0.4) is 0 Å². The summed E-state index contributed by atoms with van der Waals surface area (Å²) < 4.78 is 10.8. The van der Waals surface area contributed by atoms with Crippen molar-refractivity contribution in [1.29, 1.82) is 0 Å². The smallest absolute Gasteiger partial charge is 0.0697 e. The Morgan fingerprint density at radius 3 is 2.60 bits per heavy atom. The lowest BCUT2D eigenvalue weighted by Crippen LogP contribution is -2.39. The maximum atomic E-state index is 5.48.